The zero-order valence-corrected chi connectivity index (χ0v) is 15.7. The van der Waals surface area contributed by atoms with Crippen molar-refractivity contribution in [1.29, 1.82) is 0 Å². The summed E-state index contributed by atoms with van der Waals surface area (Å²) in [7, 11) is 0. The van der Waals surface area contributed by atoms with Crippen LogP contribution in [0.5, 0.6) is 11.6 Å². The molecule has 0 fully saturated rings. The van der Waals surface area contributed by atoms with Crippen molar-refractivity contribution in [2.45, 2.75) is 13.3 Å². The number of aromatic nitrogens is 1. The molecule has 7 nitrogen and oxygen atoms in total. The molecule has 0 bridgehead atoms. The molecular weight excluding hydrogens is 370 g/mol. The van der Waals surface area contributed by atoms with Crippen LogP contribution in [0.2, 0.25) is 5.02 Å². The Hall–Kier alpha value is -2.64. The molecule has 1 aromatic carbocycles. The topological polar surface area (TPSA) is 80.8 Å². The summed E-state index contributed by atoms with van der Waals surface area (Å²) in [6.45, 7) is 3.45. The number of fused-ring (bicyclic) bond motifs is 2. The van der Waals surface area contributed by atoms with Crippen molar-refractivity contribution in [2.75, 3.05) is 31.2 Å². The third-order valence-electron chi connectivity index (χ3n) is 3.96. The van der Waals surface area contributed by atoms with Gasteiger partial charge in [0.25, 0.3) is 5.91 Å². The maximum atomic E-state index is 13.0. The Morgan fingerprint density at radius 2 is 2.22 bits per heavy atom. The van der Waals surface area contributed by atoms with Gasteiger partial charge in [-0.1, -0.05) is 11.6 Å². The highest BCUT2D eigenvalue weighted by Crippen LogP contribution is 2.39. The van der Waals surface area contributed by atoms with Gasteiger partial charge in [0.1, 0.15) is 12.1 Å². The SMILES string of the molecule is CCOCCCNC(=O)CN1C(=O)c2cccnc2Oc2ccc(Cl)cc21. The van der Waals surface area contributed by atoms with E-state index in [2.05, 4.69) is 10.3 Å². The number of pyridine rings is 1. The van der Waals surface area contributed by atoms with E-state index < -0.39 is 0 Å². The number of nitrogens with one attached hydrogen (secondary N) is 1. The van der Waals surface area contributed by atoms with E-state index in [1.54, 1.807) is 36.5 Å². The van der Waals surface area contributed by atoms with Crippen molar-refractivity contribution in [2.24, 2.45) is 0 Å². The van der Waals surface area contributed by atoms with Crippen LogP contribution in [0.4, 0.5) is 5.69 Å². The zero-order chi connectivity index (χ0) is 19.2. The number of carbonyl (C=O) groups excluding carboxylic acids is 2. The lowest BCUT2D eigenvalue weighted by Gasteiger charge is -2.21. The van der Waals surface area contributed by atoms with Crippen LogP contribution < -0.4 is 15.0 Å². The summed E-state index contributed by atoms with van der Waals surface area (Å²) in [5.41, 5.74) is 0.712. The van der Waals surface area contributed by atoms with Gasteiger partial charge in [0.05, 0.1) is 5.69 Å². The fourth-order valence-corrected chi connectivity index (χ4v) is 2.85. The molecule has 0 saturated heterocycles. The molecule has 1 aromatic heterocycles. The van der Waals surface area contributed by atoms with Crippen LogP contribution in [0.15, 0.2) is 36.5 Å². The minimum atomic E-state index is -0.372. The maximum Gasteiger partial charge on any atom is 0.264 e. The third kappa shape index (κ3) is 4.56. The molecule has 142 valence electrons. The van der Waals surface area contributed by atoms with E-state index in [-0.39, 0.29) is 29.8 Å². The molecule has 1 N–H and O–H groups in total. The van der Waals surface area contributed by atoms with Crippen LogP contribution in [0.1, 0.15) is 23.7 Å². The largest absolute Gasteiger partial charge is 0.436 e. The molecule has 27 heavy (non-hydrogen) atoms. The number of carbonyl (C=O) groups is 2. The van der Waals surface area contributed by atoms with Gasteiger partial charge in [-0.2, -0.15) is 0 Å². The number of benzene rings is 1. The number of halogens is 1. The number of hydrogen-bond donors (Lipinski definition) is 1. The maximum absolute atomic E-state index is 13.0. The summed E-state index contributed by atoms with van der Waals surface area (Å²) in [6.07, 6.45) is 2.24. The second-order valence-electron chi connectivity index (χ2n) is 5.86. The first-order valence-electron chi connectivity index (χ1n) is 8.69. The Bertz CT molecular complexity index is 843. The summed E-state index contributed by atoms with van der Waals surface area (Å²) < 4.78 is 11.0. The van der Waals surface area contributed by atoms with Gasteiger partial charge in [-0.25, -0.2) is 4.98 Å². The van der Waals surface area contributed by atoms with E-state index in [1.165, 1.54) is 4.90 Å². The molecule has 0 aliphatic carbocycles. The summed E-state index contributed by atoms with van der Waals surface area (Å²) in [5.74, 6) is -0.0401. The standard InChI is InChI=1S/C19H20ClN3O4/c1-2-26-10-4-9-21-17(24)12-23-15-11-13(20)6-7-16(15)27-18-14(19(23)25)5-3-8-22-18/h3,5-8,11H,2,4,9-10,12H2,1H3,(H,21,24). The van der Waals surface area contributed by atoms with Crippen LogP contribution >= 0.6 is 11.6 Å². The van der Waals surface area contributed by atoms with E-state index >= 15 is 0 Å². The lowest BCUT2D eigenvalue weighted by molar-refractivity contribution is -0.119. The van der Waals surface area contributed by atoms with Gasteiger partial charge >= 0.3 is 0 Å². The molecule has 0 spiro atoms. The van der Waals surface area contributed by atoms with E-state index in [0.717, 1.165) is 0 Å². The Balaban J connectivity index is 1.81. The van der Waals surface area contributed by atoms with Crippen molar-refractivity contribution < 1.29 is 19.1 Å². The fourth-order valence-electron chi connectivity index (χ4n) is 2.68. The first-order valence-corrected chi connectivity index (χ1v) is 9.06. The van der Waals surface area contributed by atoms with Gasteiger partial charge in [0.15, 0.2) is 5.75 Å². The van der Waals surface area contributed by atoms with Crippen molar-refractivity contribution in [3.63, 3.8) is 0 Å². The number of hydrogen-bond acceptors (Lipinski definition) is 5. The first-order chi connectivity index (χ1) is 13.1. The highest BCUT2D eigenvalue weighted by atomic mass is 35.5. The molecule has 2 aromatic rings. The summed E-state index contributed by atoms with van der Waals surface area (Å²) in [5, 5.41) is 3.23. The van der Waals surface area contributed by atoms with Crippen molar-refractivity contribution in [1.82, 2.24) is 10.3 Å². The zero-order valence-electron chi connectivity index (χ0n) is 14.9. The van der Waals surface area contributed by atoms with E-state index in [1.807, 2.05) is 6.92 Å². The number of rotatable bonds is 7. The lowest BCUT2D eigenvalue weighted by Crippen LogP contribution is -2.41. The summed E-state index contributed by atoms with van der Waals surface area (Å²) in [4.78, 5) is 30.9. The van der Waals surface area contributed by atoms with Crippen LogP contribution in [0, 0.1) is 0 Å². The number of amides is 2. The average Bonchev–Trinajstić information content (AvgIpc) is 2.77. The van der Waals surface area contributed by atoms with Crippen LogP contribution in [-0.4, -0.2) is 43.1 Å². The number of ether oxygens (including phenoxy) is 2. The molecule has 0 atom stereocenters. The monoisotopic (exact) mass is 389 g/mol. The second-order valence-corrected chi connectivity index (χ2v) is 6.30. The molecule has 8 heteroatoms. The van der Waals surface area contributed by atoms with Gasteiger partial charge in [-0.15, -0.1) is 0 Å². The average molecular weight is 390 g/mol. The molecule has 3 rings (SSSR count). The molecule has 1 aliphatic rings. The molecule has 2 heterocycles. The highest BCUT2D eigenvalue weighted by molar-refractivity contribution is 6.31. The van der Waals surface area contributed by atoms with Gasteiger partial charge in [0, 0.05) is 31.0 Å². The van der Waals surface area contributed by atoms with E-state index in [4.69, 9.17) is 21.1 Å². The Kier molecular flexibility index (Phi) is 6.26. The Morgan fingerprint density at radius 3 is 3.04 bits per heavy atom. The molecule has 2 amide bonds. The predicted octanol–water partition coefficient (Wildman–Crippen LogP) is 3.03. The smallest absolute Gasteiger partial charge is 0.264 e. The van der Waals surface area contributed by atoms with Crippen LogP contribution in [0.25, 0.3) is 0 Å². The van der Waals surface area contributed by atoms with Crippen LogP contribution in [-0.2, 0) is 9.53 Å². The molecule has 0 radical (unpaired) electrons. The Labute approximate surface area is 162 Å². The quantitative estimate of drug-likeness (QED) is 0.736. The summed E-state index contributed by atoms with van der Waals surface area (Å²) in [6, 6.07) is 8.18. The van der Waals surface area contributed by atoms with Gasteiger partial charge in [-0.05, 0) is 43.7 Å². The first kappa shape index (κ1) is 19.1. The van der Waals surface area contributed by atoms with Gasteiger partial charge in [0.2, 0.25) is 11.8 Å². The van der Waals surface area contributed by atoms with E-state index in [9.17, 15) is 9.59 Å². The Morgan fingerprint density at radius 1 is 1.37 bits per heavy atom. The van der Waals surface area contributed by atoms with Gasteiger partial charge < -0.3 is 14.8 Å². The predicted molar refractivity (Wildman–Crippen MR) is 102 cm³/mol. The lowest BCUT2D eigenvalue weighted by atomic mass is 10.2. The summed E-state index contributed by atoms with van der Waals surface area (Å²) >= 11 is 6.10. The molecular formula is C19H20ClN3O4. The van der Waals surface area contributed by atoms with Gasteiger partial charge in [-0.3, -0.25) is 14.5 Å². The third-order valence-corrected chi connectivity index (χ3v) is 4.19. The highest BCUT2D eigenvalue weighted by Gasteiger charge is 2.30. The van der Waals surface area contributed by atoms with Crippen molar-refractivity contribution in [3.8, 4) is 11.6 Å². The molecule has 0 saturated carbocycles. The molecule has 0 unspecified atom stereocenters. The van der Waals surface area contributed by atoms with Crippen LogP contribution in [0.3, 0.4) is 0 Å². The normalized spacial score (nSPS) is 12.7. The van der Waals surface area contributed by atoms with E-state index in [0.29, 0.717) is 42.6 Å². The van der Waals surface area contributed by atoms with Crippen molar-refractivity contribution in [3.05, 3.63) is 47.1 Å². The van der Waals surface area contributed by atoms with Crippen molar-refractivity contribution >= 4 is 29.1 Å². The fraction of sp³-hybridized carbons (Fsp3) is 0.316. The number of nitrogens with zero attached hydrogens (tertiary/aromatic N) is 2. The minimum Gasteiger partial charge on any atom is -0.436 e. The second kappa shape index (κ2) is 8.83. The number of anilines is 1. The minimum absolute atomic E-state index is 0.154. The molecule has 1 aliphatic heterocycles.